The Bertz CT molecular complexity index is 1110. The van der Waals surface area contributed by atoms with E-state index in [0.717, 1.165) is 34.6 Å². The first-order valence-electron chi connectivity index (χ1n) is 9.00. The van der Waals surface area contributed by atoms with E-state index in [-0.39, 0.29) is 30.6 Å². The minimum absolute atomic E-state index is 0.000475. The lowest BCUT2D eigenvalue weighted by Crippen LogP contribution is -2.34. The fraction of sp³-hybridized carbons (Fsp3) is 0.368. The number of sulfonamides is 1. The van der Waals surface area contributed by atoms with Crippen LogP contribution in [0.5, 0.6) is 0 Å². The van der Waals surface area contributed by atoms with Crippen LogP contribution in [0.4, 0.5) is 17.6 Å². The number of alkyl halides is 3. The van der Waals surface area contributed by atoms with Crippen molar-refractivity contribution in [2.24, 2.45) is 0 Å². The lowest BCUT2D eigenvalue weighted by Gasteiger charge is -2.20. The van der Waals surface area contributed by atoms with Gasteiger partial charge in [-0.1, -0.05) is 30.3 Å². The molecule has 2 aromatic carbocycles. The zero-order valence-corrected chi connectivity index (χ0v) is 17.3. The van der Waals surface area contributed by atoms with Crippen molar-refractivity contribution in [2.45, 2.75) is 23.6 Å². The summed E-state index contributed by atoms with van der Waals surface area (Å²) in [5, 5.41) is -1.16. The van der Waals surface area contributed by atoms with Gasteiger partial charge < -0.3 is 0 Å². The van der Waals surface area contributed by atoms with Gasteiger partial charge >= 0.3 is 6.18 Å². The van der Waals surface area contributed by atoms with Crippen LogP contribution in [0, 0.1) is 5.82 Å². The topological polar surface area (TPSA) is 71.5 Å². The predicted molar refractivity (Wildman–Crippen MR) is 103 cm³/mol. The van der Waals surface area contributed by atoms with E-state index in [9.17, 15) is 34.4 Å². The molecule has 1 fully saturated rings. The first-order chi connectivity index (χ1) is 13.9. The Morgan fingerprint density at radius 3 is 2.23 bits per heavy atom. The van der Waals surface area contributed by atoms with Crippen LogP contribution in [-0.2, 0) is 31.8 Å². The molecule has 0 aliphatic carbocycles. The Hall–Kier alpha value is -1.98. The molecule has 30 heavy (non-hydrogen) atoms. The van der Waals surface area contributed by atoms with Gasteiger partial charge in [0.25, 0.3) is 0 Å². The molecule has 0 radical (unpaired) electrons. The summed E-state index contributed by atoms with van der Waals surface area (Å²) in [6.45, 7) is -0.433. The van der Waals surface area contributed by atoms with Gasteiger partial charge in [0.15, 0.2) is 9.84 Å². The van der Waals surface area contributed by atoms with E-state index >= 15 is 0 Å². The van der Waals surface area contributed by atoms with E-state index < -0.39 is 54.2 Å². The molecule has 11 heteroatoms. The van der Waals surface area contributed by atoms with Crippen molar-refractivity contribution in [3.63, 3.8) is 0 Å². The van der Waals surface area contributed by atoms with E-state index in [1.165, 1.54) is 18.2 Å². The summed E-state index contributed by atoms with van der Waals surface area (Å²) in [6.07, 6.45) is -4.65. The van der Waals surface area contributed by atoms with Crippen LogP contribution in [0.25, 0.3) is 0 Å². The summed E-state index contributed by atoms with van der Waals surface area (Å²) in [4.78, 5) is 0. The van der Waals surface area contributed by atoms with Gasteiger partial charge in [-0.15, -0.1) is 0 Å². The number of rotatable bonds is 4. The molecule has 2 aromatic rings. The first kappa shape index (κ1) is 22.7. The zero-order chi connectivity index (χ0) is 22.2. The maximum Gasteiger partial charge on any atom is 0.416 e. The molecule has 5 nitrogen and oxygen atoms in total. The number of benzene rings is 2. The molecule has 1 atom stereocenters. The van der Waals surface area contributed by atoms with E-state index in [2.05, 4.69) is 0 Å². The van der Waals surface area contributed by atoms with E-state index in [4.69, 9.17) is 0 Å². The third-order valence-corrected chi connectivity index (χ3v) is 8.93. The summed E-state index contributed by atoms with van der Waals surface area (Å²) in [5.74, 6) is -1.71. The van der Waals surface area contributed by atoms with Gasteiger partial charge in [-0.05, 0) is 30.2 Å². The normalized spacial score (nSPS) is 20.6. The van der Waals surface area contributed by atoms with Gasteiger partial charge in [-0.25, -0.2) is 25.5 Å². The lowest BCUT2D eigenvalue weighted by atomic mass is 10.1. The van der Waals surface area contributed by atoms with E-state index in [0.29, 0.717) is 0 Å². The van der Waals surface area contributed by atoms with Crippen LogP contribution in [0.3, 0.4) is 0 Å². The van der Waals surface area contributed by atoms with E-state index in [1.807, 2.05) is 0 Å². The van der Waals surface area contributed by atoms with Crippen LogP contribution >= 0.6 is 0 Å². The molecule has 0 saturated carbocycles. The van der Waals surface area contributed by atoms with Gasteiger partial charge in [0.2, 0.25) is 10.0 Å². The second-order valence-corrected chi connectivity index (χ2v) is 11.3. The maximum absolute atomic E-state index is 14.1. The Morgan fingerprint density at radius 2 is 1.63 bits per heavy atom. The Morgan fingerprint density at radius 1 is 1.00 bits per heavy atom. The smallest absolute Gasteiger partial charge is 0.228 e. The van der Waals surface area contributed by atoms with Crippen molar-refractivity contribution >= 4 is 19.9 Å². The third-order valence-electron chi connectivity index (χ3n) is 4.98. The fourth-order valence-corrected chi connectivity index (χ4v) is 6.85. The monoisotopic (exact) mass is 465 g/mol. The van der Waals surface area contributed by atoms with Crippen molar-refractivity contribution in [3.05, 3.63) is 71.0 Å². The number of sulfone groups is 1. The zero-order valence-electron chi connectivity index (χ0n) is 15.6. The molecule has 0 N–H and O–H groups in total. The molecule has 3 rings (SSSR count). The standard InChI is InChI=1S/C19H19F4NO4S2/c20-17-4-2-1-3-16(17)18-9-10-24(11-12-29(18,25)26)30(27,28)13-14-5-7-15(8-6-14)19(21,22)23/h1-8,18H,9-13H2. The van der Waals surface area contributed by atoms with Crippen molar-refractivity contribution < 1.29 is 34.4 Å². The molecule has 1 aliphatic heterocycles. The van der Waals surface area contributed by atoms with E-state index in [1.54, 1.807) is 0 Å². The van der Waals surface area contributed by atoms with Gasteiger partial charge in [0.1, 0.15) is 5.82 Å². The Kier molecular flexibility index (Phi) is 6.26. The minimum Gasteiger partial charge on any atom is -0.228 e. The SMILES string of the molecule is O=S1(=O)CCN(S(=O)(=O)Cc2ccc(C(F)(F)F)cc2)CCC1c1ccccc1F. The Labute approximate surface area is 172 Å². The highest BCUT2D eigenvalue weighted by atomic mass is 32.2. The van der Waals surface area contributed by atoms with Crippen LogP contribution in [-0.4, -0.2) is 40.0 Å². The predicted octanol–water partition coefficient (Wildman–Crippen LogP) is 3.54. The highest BCUT2D eigenvalue weighted by Gasteiger charge is 2.36. The second-order valence-electron chi connectivity index (χ2n) is 7.02. The van der Waals surface area contributed by atoms with Gasteiger partial charge in [-0.3, -0.25) is 0 Å². The minimum atomic E-state index is -4.53. The first-order valence-corrected chi connectivity index (χ1v) is 12.3. The molecular formula is C19H19F4NO4S2. The molecule has 1 aliphatic rings. The van der Waals surface area contributed by atoms with Crippen molar-refractivity contribution in [2.75, 3.05) is 18.8 Å². The highest BCUT2D eigenvalue weighted by molar-refractivity contribution is 7.91. The van der Waals surface area contributed by atoms with Gasteiger partial charge in [0.05, 0.1) is 22.3 Å². The molecule has 0 aromatic heterocycles. The molecule has 1 heterocycles. The summed E-state index contributed by atoms with van der Waals surface area (Å²) in [7, 11) is -7.77. The van der Waals surface area contributed by atoms with Crippen molar-refractivity contribution in [1.82, 2.24) is 4.31 Å². The highest BCUT2D eigenvalue weighted by Crippen LogP contribution is 2.32. The van der Waals surface area contributed by atoms with Crippen LogP contribution in [0.15, 0.2) is 48.5 Å². The molecule has 1 saturated heterocycles. The number of halogens is 4. The third kappa shape index (κ3) is 5.01. The fourth-order valence-electron chi connectivity index (χ4n) is 3.38. The summed E-state index contributed by atoms with van der Waals surface area (Å²) >= 11 is 0. The molecule has 0 bridgehead atoms. The average Bonchev–Trinajstić information content (AvgIpc) is 2.80. The molecule has 164 valence electrons. The molecule has 0 spiro atoms. The van der Waals surface area contributed by atoms with Gasteiger partial charge in [-0.2, -0.15) is 13.2 Å². The maximum atomic E-state index is 14.1. The largest absolute Gasteiger partial charge is 0.416 e. The molecule has 1 unspecified atom stereocenters. The summed E-state index contributed by atoms with van der Waals surface area (Å²) in [5.41, 5.74) is -0.738. The van der Waals surface area contributed by atoms with Crippen LogP contribution in [0.1, 0.15) is 28.4 Å². The molecular weight excluding hydrogens is 446 g/mol. The number of hydrogen-bond donors (Lipinski definition) is 0. The number of nitrogens with zero attached hydrogens (tertiary/aromatic N) is 1. The summed E-state index contributed by atoms with van der Waals surface area (Å²) < 4.78 is 104. The van der Waals surface area contributed by atoms with Crippen LogP contribution < -0.4 is 0 Å². The number of hydrogen-bond acceptors (Lipinski definition) is 4. The van der Waals surface area contributed by atoms with Gasteiger partial charge in [0, 0.05) is 18.7 Å². The second kappa shape index (κ2) is 8.27. The van der Waals surface area contributed by atoms with Crippen molar-refractivity contribution in [1.29, 1.82) is 0 Å². The lowest BCUT2D eigenvalue weighted by molar-refractivity contribution is -0.137. The average molecular weight is 465 g/mol. The Balaban J connectivity index is 1.79. The van der Waals surface area contributed by atoms with Crippen LogP contribution in [0.2, 0.25) is 0 Å². The van der Waals surface area contributed by atoms with Crippen molar-refractivity contribution in [3.8, 4) is 0 Å². The molecule has 0 amide bonds. The quantitative estimate of drug-likeness (QED) is 0.648. The summed E-state index contributed by atoms with van der Waals surface area (Å²) in [6, 6.07) is 9.21.